The van der Waals surface area contributed by atoms with E-state index in [2.05, 4.69) is 4.85 Å². The van der Waals surface area contributed by atoms with Crippen molar-refractivity contribution in [1.29, 1.82) is 0 Å². The molecule has 0 aliphatic carbocycles. The fraction of sp³-hybridized carbons (Fsp3) is 0.611. The topological polar surface area (TPSA) is 53.8 Å². The van der Waals surface area contributed by atoms with Crippen LogP contribution in [-0.4, -0.2) is 51.5 Å². The Hall–Kier alpha value is -1.65. The molecule has 130 valence electrons. The zero-order chi connectivity index (χ0) is 16.6. The number of rotatable bonds is 9. The summed E-state index contributed by atoms with van der Waals surface area (Å²) in [5.41, 5.74) is 0.596. The van der Waals surface area contributed by atoms with Gasteiger partial charge < -0.3 is 23.7 Å². The molecule has 6 heteroatoms. The zero-order valence-electron chi connectivity index (χ0n) is 13.7. The predicted molar refractivity (Wildman–Crippen MR) is 87.2 cm³/mol. The first-order valence-corrected chi connectivity index (χ1v) is 8.40. The van der Waals surface area contributed by atoms with Gasteiger partial charge in [0, 0.05) is 6.61 Å². The molecule has 0 spiro atoms. The van der Waals surface area contributed by atoms with Gasteiger partial charge in [0.2, 0.25) is 0 Å². The first-order valence-electron chi connectivity index (χ1n) is 8.40. The van der Waals surface area contributed by atoms with Gasteiger partial charge in [-0.25, -0.2) is 4.85 Å². The molecule has 1 aromatic rings. The monoisotopic (exact) mass is 333 g/mol. The minimum atomic E-state index is -0.201. The molecule has 0 bridgehead atoms. The normalized spacial score (nSPS) is 24.1. The van der Waals surface area contributed by atoms with Crippen molar-refractivity contribution in [3.8, 4) is 5.75 Å². The van der Waals surface area contributed by atoms with Crippen LogP contribution >= 0.6 is 0 Å². The van der Waals surface area contributed by atoms with Crippen LogP contribution < -0.4 is 4.74 Å². The standard InChI is InChI=1S/C18H23NO5/c1-19-14-5-7-15(8-6-14)22-13-17(11-20-10-16-12-23-16)24-18-4-2-3-9-21-18/h5-8,16-18H,2-4,9-13H2. The third kappa shape index (κ3) is 5.77. The third-order valence-electron chi connectivity index (χ3n) is 3.89. The highest BCUT2D eigenvalue weighted by molar-refractivity contribution is 5.46. The molecule has 0 aromatic heterocycles. The fourth-order valence-electron chi connectivity index (χ4n) is 2.46. The van der Waals surface area contributed by atoms with Crippen LogP contribution in [-0.2, 0) is 18.9 Å². The molecule has 2 fully saturated rings. The average Bonchev–Trinajstić information content (AvgIpc) is 3.45. The summed E-state index contributed by atoms with van der Waals surface area (Å²) in [5, 5.41) is 0. The van der Waals surface area contributed by atoms with Crippen LogP contribution in [0.25, 0.3) is 4.85 Å². The molecule has 3 unspecified atom stereocenters. The maximum atomic E-state index is 6.97. The third-order valence-corrected chi connectivity index (χ3v) is 3.89. The second kappa shape index (κ2) is 9.00. The van der Waals surface area contributed by atoms with Crippen molar-refractivity contribution in [3.63, 3.8) is 0 Å². The van der Waals surface area contributed by atoms with Gasteiger partial charge in [-0.2, -0.15) is 0 Å². The molecule has 2 saturated heterocycles. The highest BCUT2D eigenvalue weighted by Gasteiger charge is 2.25. The van der Waals surface area contributed by atoms with Gasteiger partial charge in [0.05, 0.1) is 26.4 Å². The van der Waals surface area contributed by atoms with Gasteiger partial charge in [-0.05, 0) is 31.4 Å². The second-order valence-electron chi connectivity index (χ2n) is 5.96. The molecule has 2 aliphatic heterocycles. The van der Waals surface area contributed by atoms with Crippen molar-refractivity contribution in [1.82, 2.24) is 0 Å². The van der Waals surface area contributed by atoms with Crippen LogP contribution in [0.5, 0.6) is 5.75 Å². The zero-order valence-corrected chi connectivity index (χ0v) is 13.7. The smallest absolute Gasteiger partial charge is 0.187 e. The van der Waals surface area contributed by atoms with Crippen molar-refractivity contribution in [2.45, 2.75) is 37.8 Å². The molecule has 2 aliphatic rings. The Labute approximate surface area is 142 Å². The van der Waals surface area contributed by atoms with Gasteiger partial charge in [-0.1, -0.05) is 12.1 Å². The summed E-state index contributed by atoms with van der Waals surface area (Å²) in [6, 6.07) is 7.06. The van der Waals surface area contributed by atoms with E-state index < -0.39 is 0 Å². The summed E-state index contributed by atoms with van der Waals surface area (Å²) in [6.45, 7) is 9.90. The SMILES string of the molecule is [C-]#[N+]c1ccc(OCC(COCC2CO2)OC2CCCCO2)cc1. The van der Waals surface area contributed by atoms with E-state index in [1.54, 1.807) is 24.3 Å². The van der Waals surface area contributed by atoms with Gasteiger partial charge in [-0.15, -0.1) is 0 Å². The summed E-state index contributed by atoms with van der Waals surface area (Å²) < 4.78 is 28.2. The number of hydrogen-bond acceptors (Lipinski definition) is 5. The van der Waals surface area contributed by atoms with Crippen LogP contribution in [0, 0.1) is 6.57 Å². The van der Waals surface area contributed by atoms with E-state index in [0.29, 0.717) is 31.3 Å². The second-order valence-corrected chi connectivity index (χ2v) is 5.96. The van der Waals surface area contributed by atoms with E-state index in [-0.39, 0.29) is 18.5 Å². The van der Waals surface area contributed by atoms with Crippen LogP contribution in [0.2, 0.25) is 0 Å². The fourth-order valence-corrected chi connectivity index (χ4v) is 2.46. The molecule has 0 N–H and O–H groups in total. The number of epoxide rings is 1. The largest absolute Gasteiger partial charge is 0.491 e. The highest BCUT2D eigenvalue weighted by Crippen LogP contribution is 2.20. The Bertz CT molecular complexity index is 531. The van der Waals surface area contributed by atoms with Crippen LogP contribution in [0.4, 0.5) is 5.69 Å². The number of ether oxygens (including phenoxy) is 5. The highest BCUT2D eigenvalue weighted by atomic mass is 16.7. The molecule has 3 rings (SSSR count). The molecule has 1 aromatic carbocycles. The molecule has 0 amide bonds. The quantitative estimate of drug-likeness (QED) is 0.514. The van der Waals surface area contributed by atoms with Gasteiger partial charge in [-0.3, -0.25) is 0 Å². The molecule has 24 heavy (non-hydrogen) atoms. The first kappa shape index (κ1) is 17.2. The summed E-state index contributed by atoms with van der Waals surface area (Å²) in [4.78, 5) is 3.37. The minimum Gasteiger partial charge on any atom is -0.491 e. The number of benzene rings is 1. The Morgan fingerprint density at radius 3 is 2.67 bits per heavy atom. The lowest BCUT2D eigenvalue weighted by atomic mass is 10.2. The van der Waals surface area contributed by atoms with Gasteiger partial charge in [0.1, 0.15) is 24.6 Å². The molecule has 3 atom stereocenters. The van der Waals surface area contributed by atoms with Crippen molar-refractivity contribution in [2.75, 3.05) is 33.0 Å². The molecule has 0 radical (unpaired) electrons. The lowest BCUT2D eigenvalue weighted by Crippen LogP contribution is -2.35. The van der Waals surface area contributed by atoms with Crippen molar-refractivity contribution in [3.05, 3.63) is 35.7 Å². The maximum Gasteiger partial charge on any atom is 0.187 e. The van der Waals surface area contributed by atoms with Crippen LogP contribution in [0.3, 0.4) is 0 Å². The molecular weight excluding hydrogens is 310 g/mol. The van der Waals surface area contributed by atoms with E-state index in [1.807, 2.05) is 0 Å². The Kier molecular flexibility index (Phi) is 6.44. The van der Waals surface area contributed by atoms with Gasteiger partial charge in [0.15, 0.2) is 12.0 Å². The lowest BCUT2D eigenvalue weighted by molar-refractivity contribution is -0.203. The average molecular weight is 333 g/mol. The van der Waals surface area contributed by atoms with Gasteiger partial charge in [0.25, 0.3) is 0 Å². The Morgan fingerprint density at radius 1 is 1.17 bits per heavy atom. The predicted octanol–water partition coefficient (Wildman–Crippen LogP) is 2.94. The van der Waals surface area contributed by atoms with Crippen molar-refractivity contribution < 1.29 is 23.7 Å². The van der Waals surface area contributed by atoms with E-state index in [4.69, 9.17) is 30.3 Å². The van der Waals surface area contributed by atoms with Crippen LogP contribution in [0.1, 0.15) is 19.3 Å². The molecule has 0 saturated carbocycles. The summed E-state index contributed by atoms with van der Waals surface area (Å²) in [5.74, 6) is 0.714. The first-order chi connectivity index (χ1) is 11.8. The molecular formula is C18H23NO5. The lowest BCUT2D eigenvalue weighted by Gasteiger charge is -2.27. The summed E-state index contributed by atoms with van der Waals surface area (Å²) in [6.07, 6.45) is 2.96. The van der Waals surface area contributed by atoms with E-state index in [9.17, 15) is 0 Å². The Morgan fingerprint density at radius 2 is 2.00 bits per heavy atom. The molecule has 6 nitrogen and oxygen atoms in total. The summed E-state index contributed by atoms with van der Waals surface area (Å²) >= 11 is 0. The number of hydrogen-bond donors (Lipinski definition) is 0. The van der Waals surface area contributed by atoms with Crippen LogP contribution in [0.15, 0.2) is 24.3 Å². The van der Waals surface area contributed by atoms with E-state index in [1.165, 1.54) is 0 Å². The Balaban J connectivity index is 1.47. The molecule has 2 heterocycles. The number of nitrogens with zero attached hydrogens (tertiary/aromatic N) is 1. The summed E-state index contributed by atoms with van der Waals surface area (Å²) in [7, 11) is 0. The van der Waals surface area contributed by atoms with Crippen molar-refractivity contribution in [2.24, 2.45) is 0 Å². The van der Waals surface area contributed by atoms with E-state index >= 15 is 0 Å². The van der Waals surface area contributed by atoms with E-state index in [0.717, 1.165) is 32.5 Å². The van der Waals surface area contributed by atoms with Crippen molar-refractivity contribution >= 4 is 5.69 Å². The van der Waals surface area contributed by atoms with Gasteiger partial charge >= 0.3 is 0 Å². The minimum absolute atomic E-state index is 0.183. The maximum absolute atomic E-state index is 6.97.